The van der Waals surface area contributed by atoms with Crippen LogP contribution in [0.1, 0.15) is 51.3 Å². The van der Waals surface area contributed by atoms with E-state index in [9.17, 15) is 9.90 Å². The minimum atomic E-state index is -0.445. The number of phenols is 1. The van der Waals surface area contributed by atoms with Gasteiger partial charge in [-0.25, -0.2) is 14.8 Å². The molecule has 1 aliphatic heterocycles. The zero-order chi connectivity index (χ0) is 30.0. The number of nitrogens with two attached hydrogens (primary N) is 1. The maximum Gasteiger partial charge on any atom is 0.408 e. The fourth-order valence-electron chi connectivity index (χ4n) is 5.35. The number of anilines is 3. The van der Waals surface area contributed by atoms with Crippen LogP contribution in [0.4, 0.5) is 22.1 Å². The highest BCUT2D eigenvalue weighted by Crippen LogP contribution is 2.32. The van der Waals surface area contributed by atoms with E-state index in [-0.39, 0.29) is 24.4 Å². The third kappa shape index (κ3) is 7.92. The summed E-state index contributed by atoms with van der Waals surface area (Å²) in [6.45, 7) is 4.47. The minimum Gasteiger partial charge on any atom is -0.507 e. The number of ether oxygens (including phenoxy) is 1. The molecule has 2 aromatic heterocycles. The van der Waals surface area contributed by atoms with Crippen LogP contribution in [0.2, 0.25) is 0 Å². The molecule has 0 unspecified atom stereocenters. The molecule has 1 fully saturated rings. The summed E-state index contributed by atoms with van der Waals surface area (Å²) >= 11 is 0. The number of nitrogen functional groups attached to an aromatic ring is 1. The summed E-state index contributed by atoms with van der Waals surface area (Å²) in [5.74, 6) is 7.56. The fourth-order valence-corrected chi connectivity index (χ4v) is 5.35. The summed E-state index contributed by atoms with van der Waals surface area (Å²) in [6.07, 6.45) is 11.1. The number of hydrogen-bond acceptors (Lipinski definition) is 10. The minimum absolute atomic E-state index is 0.0602. The van der Waals surface area contributed by atoms with E-state index in [1.165, 1.54) is 0 Å². The van der Waals surface area contributed by atoms with E-state index in [0.717, 1.165) is 56.6 Å². The first-order chi connectivity index (χ1) is 21.0. The van der Waals surface area contributed by atoms with Crippen LogP contribution in [0.25, 0.3) is 11.3 Å². The highest BCUT2D eigenvalue weighted by molar-refractivity contribution is 5.74. The van der Waals surface area contributed by atoms with Crippen molar-refractivity contribution in [2.24, 2.45) is 0 Å². The Morgan fingerprint density at radius 3 is 2.86 bits per heavy atom. The molecule has 5 rings (SSSR count). The molecule has 11 heteroatoms. The van der Waals surface area contributed by atoms with Crippen molar-refractivity contribution in [1.29, 1.82) is 0 Å². The predicted octanol–water partition coefficient (Wildman–Crippen LogP) is 4.29. The molecule has 1 amide bonds. The van der Waals surface area contributed by atoms with E-state index >= 15 is 0 Å². The SMILES string of the molecule is C[C@H]1CCN(c2cc(-c3ccccc3O)nnc2N)CCN1c1ccnc(C#CCNC(=O)O[C@@H]2CC/C=C\CCC2)n1. The molecule has 2 aliphatic rings. The van der Waals surface area contributed by atoms with E-state index < -0.39 is 6.09 Å². The highest BCUT2D eigenvalue weighted by atomic mass is 16.6. The quantitative estimate of drug-likeness (QED) is 0.294. The highest BCUT2D eigenvalue weighted by Gasteiger charge is 2.24. The van der Waals surface area contributed by atoms with Gasteiger partial charge in [-0.05, 0) is 75.6 Å². The lowest BCUT2D eigenvalue weighted by Crippen LogP contribution is -2.35. The first-order valence-electron chi connectivity index (χ1n) is 14.8. The van der Waals surface area contributed by atoms with Crippen molar-refractivity contribution < 1.29 is 14.6 Å². The summed E-state index contributed by atoms with van der Waals surface area (Å²) in [5, 5.41) is 21.4. The maximum absolute atomic E-state index is 12.2. The number of phenolic OH excluding ortho intramolecular Hbond substituents is 1. The van der Waals surface area contributed by atoms with Crippen molar-refractivity contribution in [3.8, 4) is 28.8 Å². The molecule has 224 valence electrons. The van der Waals surface area contributed by atoms with Gasteiger partial charge in [0.15, 0.2) is 5.82 Å². The van der Waals surface area contributed by atoms with Crippen molar-refractivity contribution in [3.63, 3.8) is 0 Å². The number of rotatable bonds is 5. The first kappa shape index (κ1) is 29.6. The molecule has 2 atom stereocenters. The molecule has 1 aliphatic carbocycles. The Balaban J connectivity index is 1.19. The van der Waals surface area contributed by atoms with E-state index in [0.29, 0.717) is 36.0 Å². The first-order valence-corrected chi connectivity index (χ1v) is 14.8. The zero-order valence-corrected chi connectivity index (χ0v) is 24.4. The monoisotopic (exact) mass is 582 g/mol. The van der Waals surface area contributed by atoms with Crippen molar-refractivity contribution in [3.05, 3.63) is 60.6 Å². The van der Waals surface area contributed by atoms with E-state index in [4.69, 9.17) is 15.5 Å². The number of carbonyl (C=O) groups excluding carboxylic acids is 1. The molecule has 3 heterocycles. The van der Waals surface area contributed by atoms with Gasteiger partial charge >= 0.3 is 6.09 Å². The van der Waals surface area contributed by atoms with Crippen LogP contribution >= 0.6 is 0 Å². The number of nitrogens with zero attached hydrogens (tertiary/aromatic N) is 6. The number of carbonyl (C=O) groups is 1. The zero-order valence-electron chi connectivity index (χ0n) is 24.4. The molecule has 3 aromatic rings. The smallest absolute Gasteiger partial charge is 0.408 e. The largest absolute Gasteiger partial charge is 0.507 e. The number of hydrogen-bond donors (Lipinski definition) is 3. The summed E-state index contributed by atoms with van der Waals surface area (Å²) in [5.41, 5.74) is 8.22. The number of amides is 1. The number of aromatic hydroxyl groups is 1. The molecule has 11 nitrogen and oxygen atoms in total. The summed E-state index contributed by atoms with van der Waals surface area (Å²) in [6, 6.07) is 11.0. The Morgan fingerprint density at radius 1 is 1.12 bits per heavy atom. The van der Waals surface area contributed by atoms with Gasteiger partial charge in [0.2, 0.25) is 5.82 Å². The van der Waals surface area contributed by atoms with Gasteiger partial charge in [-0.1, -0.05) is 30.2 Å². The van der Waals surface area contributed by atoms with Gasteiger partial charge < -0.3 is 30.7 Å². The van der Waals surface area contributed by atoms with Crippen LogP contribution in [0.5, 0.6) is 5.75 Å². The lowest BCUT2D eigenvalue weighted by Gasteiger charge is -2.28. The van der Waals surface area contributed by atoms with E-state index in [2.05, 4.69) is 61.2 Å². The van der Waals surface area contributed by atoms with Crippen molar-refractivity contribution in [2.75, 3.05) is 41.7 Å². The Kier molecular flexibility index (Phi) is 9.90. The summed E-state index contributed by atoms with van der Waals surface area (Å²) in [4.78, 5) is 25.7. The second kappa shape index (κ2) is 14.4. The van der Waals surface area contributed by atoms with Crippen LogP contribution in [0.15, 0.2) is 54.7 Å². The molecular weight excluding hydrogens is 544 g/mol. The molecule has 0 bridgehead atoms. The Labute approximate surface area is 252 Å². The van der Waals surface area contributed by atoms with Gasteiger partial charge in [0, 0.05) is 37.4 Å². The van der Waals surface area contributed by atoms with E-state index in [1.54, 1.807) is 24.4 Å². The van der Waals surface area contributed by atoms with Crippen LogP contribution in [0, 0.1) is 11.8 Å². The average Bonchev–Trinajstić information content (AvgIpc) is 3.19. The summed E-state index contributed by atoms with van der Waals surface area (Å²) in [7, 11) is 0. The Morgan fingerprint density at radius 2 is 1.98 bits per heavy atom. The Hall–Kier alpha value is -4.85. The number of aromatic nitrogens is 4. The summed E-state index contributed by atoms with van der Waals surface area (Å²) < 4.78 is 5.56. The van der Waals surface area contributed by atoms with Crippen LogP contribution in [-0.2, 0) is 4.74 Å². The van der Waals surface area contributed by atoms with Gasteiger partial charge in [0.25, 0.3) is 0 Å². The van der Waals surface area contributed by atoms with Crippen LogP contribution in [0.3, 0.4) is 0 Å². The number of allylic oxidation sites excluding steroid dienone is 2. The normalized spacial score (nSPS) is 19.7. The third-order valence-corrected chi connectivity index (χ3v) is 7.73. The molecule has 0 radical (unpaired) electrons. The Bertz CT molecular complexity index is 1500. The van der Waals surface area contributed by atoms with Crippen LogP contribution < -0.4 is 20.9 Å². The number of benzene rings is 1. The van der Waals surface area contributed by atoms with Gasteiger partial charge in [-0.3, -0.25) is 0 Å². The molecular formula is C32H38N8O3. The topological polar surface area (TPSA) is 143 Å². The average molecular weight is 583 g/mol. The van der Waals surface area contributed by atoms with Gasteiger partial charge in [0.1, 0.15) is 17.7 Å². The number of alkyl carbamates (subject to hydrolysis) is 1. The molecule has 1 saturated heterocycles. The number of para-hydroxylation sites is 1. The van der Waals surface area contributed by atoms with Crippen molar-refractivity contribution in [1.82, 2.24) is 25.5 Å². The second-order valence-electron chi connectivity index (χ2n) is 10.7. The predicted molar refractivity (Wildman–Crippen MR) is 167 cm³/mol. The second-order valence-corrected chi connectivity index (χ2v) is 10.7. The van der Waals surface area contributed by atoms with E-state index in [1.807, 2.05) is 18.2 Å². The number of nitrogens with one attached hydrogen (secondary N) is 1. The van der Waals surface area contributed by atoms with Gasteiger partial charge in [-0.15, -0.1) is 10.2 Å². The maximum atomic E-state index is 12.2. The molecule has 1 aromatic carbocycles. The molecule has 4 N–H and O–H groups in total. The molecule has 43 heavy (non-hydrogen) atoms. The van der Waals surface area contributed by atoms with Crippen molar-refractivity contribution >= 4 is 23.4 Å². The lowest BCUT2D eigenvalue weighted by atomic mass is 10.0. The standard InChI is InChI=1S/C32H38N8O3/c1-23-16-19-39(27-22-26(37-38-31(27)33)25-12-7-8-13-28(25)41)20-21-40(23)30-15-18-34-29(36-30)14-9-17-35-32(42)43-24-10-5-3-2-4-6-11-24/h2-3,7-8,12-13,15,18,22-24,41H,4-6,10-11,16-17,19-21H2,1H3,(H2,33,38)(H,35,42)/b3-2-/t23-,24+/m0/s1. The third-order valence-electron chi connectivity index (χ3n) is 7.73. The van der Waals surface area contributed by atoms with Crippen molar-refractivity contribution in [2.45, 2.75) is 57.6 Å². The fraction of sp³-hybridized carbons (Fsp3) is 0.406. The van der Waals surface area contributed by atoms with Gasteiger partial charge in [0.05, 0.1) is 17.9 Å². The van der Waals surface area contributed by atoms with Crippen LogP contribution in [-0.4, -0.2) is 69.7 Å². The van der Waals surface area contributed by atoms with Gasteiger partial charge in [-0.2, -0.15) is 0 Å². The molecule has 0 saturated carbocycles. The lowest BCUT2D eigenvalue weighted by molar-refractivity contribution is 0.0873. The molecule has 0 spiro atoms.